The quantitative estimate of drug-likeness (QED) is 0.839. The fourth-order valence-electron chi connectivity index (χ4n) is 2.67. The van der Waals surface area contributed by atoms with Crippen LogP contribution in [0, 0.1) is 5.82 Å². The van der Waals surface area contributed by atoms with Gasteiger partial charge in [-0.15, -0.1) is 0 Å². The maximum atomic E-state index is 13.3. The second-order valence-corrected chi connectivity index (χ2v) is 7.71. The molecular formula is C18H19FN2O4S. The van der Waals surface area contributed by atoms with Crippen LogP contribution in [-0.4, -0.2) is 33.7 Å². The monoisotopic (exact) mass is 378 g/mol. The van der Waals surface area contributed by atoms with Crippen LogP contribution in [0.5, 0.6) is 0 Å². The van der Waals surface area contributed by atoms with Gasteiger partial charge in [0.05, 0.1) is 17.1 Å². The molecule has 3 rings (SSSR count). The predicted molar refractivity (Wildman–Crippen MR) is 95.0 cm³/mol. The molecular weight excluding hydrogens is 359 g/mol. The molecule has 1 unspecified atom stereocenters. The van der Waals surface area contributed by atoms with Gasteiger partial charge in [-0.2, -0.15) is 0 Å². The molecule has 26 heavy (non-hydrogen) atoms. The average molecular weight is 378 g/mol. The van der Waals surface area contributed by atoms with Crippen molar-refractivity contribution in [3.8, 4) is 0 Å². The summed E-state index contributed by atoms with van der Waals surface area (Å²) >= 11 is 0. The highest BCUT2D eigenvalue weighted by atomic mass is 32.2. The van der Waals surface area contributed by atoms with Crippen molar-refractivity contribution >= 4 is 21.8 Å². The standard InChI is InChI=1S/C18H19FN2O4S/c1-2-13-6-8-17(9-7-13)26(23,24)20-11-16-12-21(18(22)25-16)15-5-3-4-14(19)10-15/h3-10,16,20H,2,11-12H2,1H3. The summed E-state index contributed by atoms with van der Waals surface area (Å²) in [7, 11) is -3.70. The number of hydrogen-bond donors (Lipinski definition) is 1. The van der Waals surface area contributed by atoms with Gasteiger partial charge in [-0.3, -0.25) is 4.90 Å². The first-order valence-corrected chi connectivity index (χ1v) is 9.69. The highest BCUT2D eigenvalue weighted by Gasteiger charge is 2.33. The summed E-state index contributed by atoms with van der Waals surface area (Å²) < 4.78 is 45.6. The number of halogens is 1. The maximum Gasteiger partial charge on any atom is 0.414 e. The van der Waals surface area contributed by atoms with Crippen LogP contribution in [0.25, 0.3) is 0 Å². The number of sulfonamides is 1. The molecule has 8 heteroatoms. The second kappa shape index (κ2) is 7.43. The number of carbonyl (C=O) groups is 1. The lowest BCUT2D eigenvalue weighted by atomic mass is 10.2. The number of anilines is 1. The predicted octanol–water partition coefficient (Wildman–Crippen LogP) is 2.69. The number of ether oxygens (including phenoxy) is 1. The summed E-state index contributed by atoms with van der Waals surface area (Å²) in [6.45, 7) is 2.07. The first-order chi connectivity index (χ1) is 12.4. The molecule has 2 aromatic carbocycles. The van der Waals surface area contributed by atoms with Crippen molar-refractivity contribution in [2.75, 3.05) is 18.0 Å². The first-order valence-electron chi connectivity index (χ1n) is 8.21. The van der Waals surface area contributed by atoms with E-state index >= 15 is 0 Å². The van der Waals surface area contributed by atoms with Crippen LogP contribution in [0.2, 0.25) is 0 Å². The minimum Gasteiger partial charge on any atom is -0.443 e. The van der Waals surface area contributed by atoms with Gasteiger partial charge >= 0.3 is 6.09 Å². The number of cyclic esters (lactones) is 1. The molecule has 0 spiro atoms. The molecule has 1 heterocycles. The van der Waals surface area contributed by atoms with E-state index in [-0.39, 0.29) is 18.0 Å². The van der Waals surface area contributed by atoms with Crippen molar-refractivity contribution in [3.63, 3.8) is 0 Å². The number of aryl methyl sites for hydroxylation is 1. The van der Waals surface area contributed by atoms with Crippen molar-refractivity contribution < 1.29 is 22.3 Å². The summed E-state index contributed by atoms with van der Waals surface area (Å²) in [5.74, 6) is -0.463. The van der Waals surface area contributed by atoms with E-state index in [0.717, 1.165) is 12.0 Å². The SMILES string of the molecule is CCc1ccc(S(=O)(=O)NCC2CN(c3cccc(F)c3)C(=O)O2)cc1. The Bertz CT molecular complexity index is 900. The fraction of sp³-hybridized carbons (Fsp3) is 0.278. The van der Waals surface area contributed by atoms with E-state index in [2.05, 4.69) is 4.72 Å². The molecule has 1 aliphatic heterocycles. The lowest BCUT2D eigenvalue weighted by Crippen LogP contribution is -2.34. The third-order valence-corrected chi connectivity index (χ3v) is 5.58. The Hall–Kier alpha value is -2.45. The van der Waals surface area contributed by atoms with Gasteiger partial charge in [0.2, 0.25) is 10.0 Å². The molecule has 6 nitrogen and oxygen atoms in total. The van der Waals surface area contributed by atoms with Gasteiger partial charge in [0.15, 0.2) is 0 Å². The summed E-state index contributed by atoms with van der Waals surface area (Å²) in [6.07, 6.45) is -0.468. The largest absolute Gasteiger partial charge is 0.443 e. The Labute approximate surface area is 151 Å². The topological polar surface area (TPSA) is 75.7 Å². The summed E-state index contributed by atoms with van der Waals surface area (Å²) in [6, 6.07) is 12.2. The zero-order valence-corrected chi connectivity index (χ0v) is 15.0. The van der Waals surface area contributed by atoms with Crippen LogP contribution >= 0.6 is 0 Å². The fourth-order valence-corrected chi connectivity index (χ4v) is 3.74. The van der Waals surface area contributed by atoms with Crippen LogP contribution < -0.4 is 9.62 Å². The molecule has 0 bridgehead atoms. The Morgan fingerprint density at radius 1 is 1.23 bits per heavy atom. The van der Waals surface area contributed by atoms with Gasteiger partial charge in [-0.25, -0.2) is 22.3 Å². The van der Waals surface area contributed by atoms with Crippen molar-refractivity contribution in [2.45, 2.75) is 24.3 Å². The molecule has 0 aromatic heterocycles. The van der Waals surface area contributed by atoms with Crippen LogP contribution in [0.4, 0.5) is 14.9 Å². The Balaban J connectivity index is 1.63. The number of hydrogen-bond acceptors (Lipinski definition) is 4. The molecule has 1 N–H and O–H groups in total. The molecule has 0 aliphatic carbocycles. The van der Waals surface area contributed by atoms with E-state index in [9.17, 15) is 17.6 Å². The van der Waals surface area contributed by atoms with Crippen molar-refractivity contribution in [3.05, 3.63) is 59.9 Å². The Morgan fingerprint density at radius 3 is 2.62 bits per heavy atom. The average Bonchev–Trinajstić information content (AvgIpc) is 3.01. The van der Waals surface area contributed by atoms with E-state index in [1.165, 1.54) is 23.1 Å². The van der Waals surface area contributed by atoms with Gasteiger partial charge < -0.3 is 4.74 Å². The zero-order valence-electron chi connectivity index (χ0n) is 14.2. The normalized spacial score (nSPS) is 17.4. The molecule has 1 saturated heterocycles. The number of benzene rings is 2. The second-order valence-electron chi connectivity index (χ2n) is 5.95. The van der Waals surface area contributed by atoms with Crippen LogP contribution in [-0.2, 0) is 21.2 Å². The van der Waals surface area contributed by atoms with E-state index in [0.29, 0.717) is 5.69 Å². The minimum atomic E-state index is -3.70. The minimum absolute atomic E-state index is 0.0601. The van der Waals surface area contributed by atoms with Gasteiger partial charge in [0.25, 0.3) is 0 Å². The molecule has 0 saturated carbocycles. The lowest BCUT2D eigenvalue weighted by molar-refractivity contribution is 0.143. The first kappa shape index (κ1) is 18.3. The Kier molecular flexibility index (Phi) is 5.24. The highest BCUT2D eigenvalue weighted by molar-refractivity contribution is 7.89. The molecule has 2 aromatic rings. The zero-order chi connectivity index (χ0) is 18.7. The smallest absolute Gasteiger partial charge is 0.414 e. The third-order valence-electron chi connectivity index (χ3n) is 4.14. The maximum absolute atomic E-state index is 13.3. The van der Waals surface area contributed by atoms with Gasteiger partial charge in [0.1, 0.15) is 11.9 Å². The number of nitrogens with zero attached hydrogens (tertiary/aromatic N) is 1. The van der Waals surface area contributed by atoms with Crippen molar-refractivity contribution in [1.29, 1.82) is 0 Å². The summed E-state index contributed by atoms with van der Waals surface area (Å²) in [5, 5.41) is 0. The number of nitrogens with one attached hydrogen (secondary N) is 1. The Morgan fingerprint density at radius 2 is 1.96 bits per heavy atom. The van der Waals surface area contributed by atoms with Gasteiger partial charge in [-0.05, 0) is 42.3 Å². The van der Waals surface area contributed by atoms with E-state index < -0.39 is 28.0 Å². The van der Waals surface area contributed by atoms with Crippen LogP contribution in [0.3, 0.4) is 0 Å². The molecule has 1 fully saturated rings. The molecule has 1 atom stereocenters. The van der Waals surface area contributed by atoms with Crippen molar-refractivity contribution in [1.82, 2.24) is 4.72 Å². The van der Waals surface area contributed by atoms with E-state index in [1.54, 1.807) is 30.3 Å². The van der Waals surface area contributed by atoms with Gasteiger partial charge in [0, 0.05) is 6.54 Å². The molecule has 1 amide bonds. The van der Waals surface area contributed by atoms with Crippen LogP contribution in [0.1, 0.15) is 12.5 Å². The lowest BCUT2D eigenvalue weighted by Gasteiger charge is -2.13. The number of carbonyl (C=O) groups excluding carboxylic acids is 1. The number of rotatable bonds is 6. The molecule has 0 radical (unpaired) electrons. The third kappa shape index (κ3) is 4.03. The summed E-state index contributed by atoms with van der Waals surface area (Å²) in [5.41, 5.74) is 1.41. The molecule has 1 aliphatic rings. The van der Waals surface area contributed by atoms with Crippen LogP contribution in [0.15, 0.2) is 53.4 Å². The highest BCUT2D eigenvalue weighted by Crippen LogP contribution is 2.22. The number of amides is 1. The van der Waals surface area contributed by atoms with Crippen molar-refractivity contribution in [2.24, 2.45) is 0 Å². The molecule has 138 valence electrons. The van der Waals surface area contributed by atoms with E-state index in [4.69, 9.17) is 4.74 Å². The van der Waals surface area contributed by atoms with Gasteiger partial charge in [-0.1, -0.05) is 25.1 Å². The summed E-state index contributed by atoms with van der Waals surface area (Å²) in [4.78, 5) is 13.4. The van der Waals surface area contributed by atoms with E-state index in [1.807, 2.05) is 6.92 Å².